The lowest BCUT2D eigenvalue weighted by Gasteiger charge is -2.12. The maximum absolute atomic E-state index is 12.8. The number of aliphatic imine (C=N–C) groups is 1. The maximum Gasteiger partial charge on any atom is 0.416 e. The molecule has 2 heterocycles. The molecule has 0 bridgehead atoms. The van der Waals surface area contributed by atoms with Crippen molar-refractivity contribution >= 4 is 12.1 Å². The molecular formula is C14H11F3N4O. The van der Waals surface area contributed by atoms with E-state index < -0.39 is 23.7 Å². The van der Waals surface area contributed by atoms with Crippen LogP contribution in [0.3, 0.4) is 0 Å². The highest BCUT2D eigenvalue weighted by atomic mass is 19.4. The van der Waals surface area contributed by atoms with Crippen molar-refractivity contribution in [2.45, 2.75) is 19.1 Å². The second-order valence-electron chi connectivity index (χ2n) is 4.94. The van der Waals surface area contributed by atoms with Crippen LogP contribution >= 0.6 is 0 Å². The number of aromatic nitrogens is 2. The molecule has 0 aliphatic carbocycles. The summed E-state index contributed by atoms with van der Waals surface area (Å²) in [6, 6.07) is 2.92. The number of alkyl halides is 3. The number of hydrogen-bond acceptors (Lipinski definition) is 3. The van der Waals surface area contributed by atoms with Crippen LogP contribution in [-0.2, 0) is 6.18 Å². The number of hydrogen-bond donors (Lipinski definition) is 1. The van der Waals surface area contributed by atoms with Gasteiger partial charge in [0.25, 0.3) is 5.91 Å². The lowest BCUT2D eigenvalue weighted by Crippen LogP contribution is -2.11. The Morgan fingerprint density at radius 3 is 2.73 bits per heavy atom. The van der Waals surface area contributed by atoms with Crippen LogP contribution in [0.1, 0.15) is 40.4 Å². The first kappa shape index (κ1) is 14.3. The van der Waals surface area contributed by atoms with Gasteiger partial charge in [-0.2, -0.15) is 13.2 Å². The number of halogens is 3. The molecule has 1 aliphatic rings. The van der Waals surface area contributed by atoms with Gasteiger partial charge in [0.2, 0.25) is 0 Å². The topological polar surface area (TPSA) is 73.3 Å². The molecule has 1 atom stereocenters. The van der Waals surface area contributed by atoms with E-state index in [0.29, 0.717) is 17.1 Å². The molecule has 8 heteroatoms. The Morgan fingerprint density at radius 2 is 2.09 bits per heavy atom. The highest BCUT2D eigenvalue weighted by Crippen LogP contribution is 2.33. The summed E-state index contributed by atoms with van der Waals surface area (Å²) in [6.45, 7) is 1.73. The van der Waals surface area contributed by atoms with Gasteiger partial charge in [0.1, 0.15) is 17.6 Å². The molecule has 1 aliphatic heterocycles. The van der Waals surface area contributed by atoms with Crippen LogP contribution in [0.15, 0.2) is 29.4 Å². The van der Waals surface area contributed by atoms with Crippen LogP contribution in [0.2, 0.25) is 0 Å². The number of carbonyl (C=O) groups excluding carboxylic acids is 1. The van der Waals surface area contributed by atoms with E-state index in [9.17, 15) is 18.0 Å². The normalized spacial score (nSPS) is 16.8. The molecular weight excluding hydrogens is 297 g/mol. The molecule has 2 N–H and O–H groups in total. The molecule has 1 aromatic heterocycles. The van der Waals surface area contributed by atoms with Crippen molar-refractivity contribution in [3.63, 3.8) is 0 Å². The molecule has 0 saturated heterocycles. The van der Waals surface area contributed by atoms with Crippen molar-refractivity contribution in [1.29, 1.82) is 0 Å². The number of rotatable bonds is 1. The average Bonchev–Trinajstić information content (AvgIpc) is 2.84. The minimum Gasteiger partial charge on any atom is -0.364 e. The third kappa shape index (κ3) is 2.26. The largest absolute Gasteiger partial charge is 0.416 e. The van der Waals surface area contributed by atoms with E-state index >= 15 is 0 Å². The Kier molecular flexibility index (Phi) is 3.05. The molecule has 3 rings (SSSR count). The average molecular weight is 308 g/mol. The van der Waals surface area contributed by atoms with Crippen LogP contribution in [0.4, 0.5) is 13.2 Å². The maximum atomic E-state index is 12.8. The second kappa shape index (κ2) is 4.69. The molecule has 0 saturated carbocycles. The zero-order valence-electron chi connectivity index (χ0n) is 11.4. The van der Waals surface area contributed by atoms with Crippen LogP contribution in [-0.4, -0.2) is 21.7 Å². The molecule has 5 nitrogen and oxygen atoms in total. The molecule has 22 heavy (non-hydrogen) atoms. The number of nitrogens with two attached hydrogens (primary N) is 1. The Labute approximate surface area is 123 Å². The zero-order chi connectivity index (χ0) is 16.1. The Hall–Kier alpha value is -2.64. The van der Waals surface area contributed by atoms with Gasteiger partial charge in [-0.05, 0) is 25.1 Å². The molecule has 114 valence electrons. The van der Waals surface area contributed by atoms with Gasteiger partial charge in [-0.3, -0.25) is 9.79 Å². The standard InChI is InChI=1S/C14H11F3N4O/c1-7-13-20-10(12(18)22)6-21(13)11-3-2-9(14(15,16)17)4-8(11)5-19-7/h2-7H,1H3,(H2,18,22). The molecule has 1 amide bonds. The summed E-state index contributed by atoms with van der Waals surface area (Å²) in [5, 5.41) is 0. The van der Waals surface area contributed by atoms with E-state index in [0.717, 1.165) is 12.1 Å². The summed E-state index contributed by atoms with van der Waals surface area (Å²) in [5.74, 6) is -0.256. The predicted octanol–water partition coefficient (Wildman–Crippen LogP) is 2.48. The third-order valence-corrected chi connectivity index (χ3v) is 3.41. The van der Waals surface area contributed by atoms with Crippen LogP contribution in [0.25, 0.3) is 5.69 Å². The number of primary amides is 1. The first-order valence-corrected chi connectivity index (χ1v) is 6.41. The predicted molar refractivity (Wildman–Crippen MR) is 73.1 cm³/mol. The summed E-state index contributed by atoms with van der Waals surface area (Å²) >= 11 is 0. The molecule has 1 unspecified atom stereocenters. The van der Waals surface area contributed by atoms with Crippen molar-refractivity contribution in [3.05, 3.63) is 47.0 Å². The summed E-state index contributed by atoms with van der Waals surface area (Å²) in [7, 11) is 0. The molecule has 0 radical (unpaired) electrons. The van der Waals surface area contributed by atoms with E-state index in [4.69, 9.17) is 5.73 Å². The van der Waals surface area contributed by atoms with E-state index in [1.54, 1.807) is 11.5 Å². The van der Waals surface area contributed by atoms with Crippen LogP contribution < -0.4 is 5.73 Å². The van der Waals surface area contributed by atoms with Gasteiger partial charge in [0.05, 0.1) is 11.3 Å². The van der Waals surface area contributed by atoms with Gasteiger partial charge in [-0.25, -0.2) is 4.98 Å². The SMILES string of the molecule is CC1N=Cc2cc(C(F)(F)F)ccc2-n2cc(C(N)=O)nc21. The van der Waals surface area contributed by atoms with E-state index in [-0.39, 0.29) is 5.69 Å². The number of carbonyl (C=O) groups is 1. The first-order valence-electron chi connectivity index (χ1n) is 6.41. The van der Waals surface area contributed by atoms with Gasteiger partial charge in [-0.1, -0.05) is 0 Å². The van der Waals surface area contributed by atoms with Crippen LogP contribution in [0.5, 0.6) is 0 Å². The monoisotopic (exact) mass is 308 g/mol. The minimum atomic E-state index is -4.43. The fourth-order valence-electron chi connectivity index (χ4n) is 2.31. The fourth-order valence-corrected chi connectivity index (χ4v) is 2.31. The molecule has 0 fully saturated rings. The Morgan fingerprint density at radius 1 is 1.36 bits per heavy atom. The summed E-state index contributed by atoms with van der Waals surface area (Å²) in [6.07, 6.45) is -1.64. The van der Waals surface area contributed by atoms with E-state index in [1.165, 1.54) is 18.5 Å². The van der Waals surface area contributed by atoms with Crippen molar-refractivity contribution in [3.8, 4) is 5.69 Å². The Bertz CT molecular complexity index is 792. The van der Waals surface area contributed by atoms with Crippen molar-refractivity contribution in [2.75, 3.05) is 0 Å². The van der Waals surface area contributed by atoms with Gasteiger partial charge in [-0.15, -0.1) is 0 Å². The molecule has 0 spiro atoms. The number of imidazole rings is 1. The third-order valence-electron chi connectivity index (χ3n) is 3.41. The second-order valence-corrected chi connectivity index (χ2v) is 4.94. The quantitative estimate of drug-likeness (QED) is 0.879. The van der Waals surface area contributed by atoms with E-state index in [1.807, 2.05) is 0 Å². The number of fused-ring (bicyclic) bond motifs is 3. The highest BCUT2D eigenvalue weighted by molar-refractivity contribution is 5.91. The number of benzene rings is 1. The lowest BCUT2D eigenvalue weighted by atomic mass is 10.1. The van der Waals surface area contributed by atoms with Gasteiger partial charge < -0.3 is 10.3 Å². The summed E-state index contributed by atoms with van der Waals surface area (Å²) in [5.41, 5.74) is 5.26. The van der Waals surface area contributed by atoms with Crippen molar-refractivity contribution in [1.82, 2.24) is 9.55 Å². The Balaban J connectivity index is 2.22. The van der Waals surface area contributed by atoms with Crippen LogP contribution in [0, 0.1) is 0 Å². The number of amides is 1. The first-order chi connectivity index (χ1) is 10.3. The van der Waals surface area contributed by atoms with Crippen molar-refractivity contribution in [2.24, 2.45) is 10.7 Å². The van der Waals surface area contributed by atoms with Gasteiger partial charge in [0.15, 0.2) is 0 Å². The van der Waals surface area contributed by atoms with Gasteiger partial charge >= 0.3 is 6.18 Å². The number of nitrogens with zero attached hydrogens (tertiary/aromatic N) is 3. The van der Waals surface area contributed by atoms with Crippen molar-refractivity contribution < 1.29 is 18.0 Å². The van der Waals surface area contributed by atoms with E-state index in [2.05, 4.69) is 9.98 Å². The molecule has 1 aromatic carbocycles. The molecule has 2 aromatic rings. The smallest absolute Gasteiger partial charge is 0.364 e. The fraction of sp³-hybridized carbons (Fsp3) is 0.214. The zero-order valence-corrected chi connectivity index (χ0v) is 11.4. The lowest BCUT2D eigenvalue weighted by molar-refractivity contribution is -0.137. The summed E-state index contributed by atoms with van der Waals surface area (Å²) in [4.78, 5) is 19.6. The van der Waals surface area contributed by atoms with Gasteiger partial charge in [0, 0.05) is 18.0 Å². The minimum absolute atomic E-state index is 0.0461. The highest BCUT2D eigenvalue weighted by Gasteiger charge is 2.31. The summed E-state index contributed by atoms with van der Waals surface area (Å²) < 4.78 is 40.0.